The molecule has 0 aliphatic carbocycles. The minimum atomic E-state index is -0.698. The molecule has 2 unspecified atom stereocenters. The first-order valence-corrected chi connectivity index (χ1v) is 10.5. The number of imidazole rings is 1. The van der Waals surface area contributed by atoms with Crippen molar-refractivity contribution in [2.24, 2.45) is 0 Å². The number of methoxy groups -OCH3 is 1. The summed E-state index contributed by atoms with van der Waals surface area (Å²) >= 11 is 0. The van der Waals surface area contributed by atoms with Crippen LogP contribution in [0.4, 0.5) is 0 Å². The average Bonchev–Trinajstić information content (AvgIpc) is 3.61. The maximum atomic E-state index is 6.44. The highest BCUT2D eigenvalue weighted by Crippen LogP contribution is 2.36. The van der Waals surface area contributed by atoms with Gasteiger partial charge in [0.25, 0.3) is 0 Å². The maximum absolute atomic E-state index is 6.44. The van der Waals surface area contributed by atoms with E-state index in [2.05, 4.69) is 15.2 Å². The van der Waals surface area contributed by atoms with Gasteiger partial charge in [0, 0.05) is 30.4 Å². The maximum Gasteiger partial charge on any atom is 0.247 e. The van der Waals surface area contributed by atoms with Crippen LogP contribution in [0.5, 0.6) is 11.5 Å². The summed E-state index contributed by atoms with van der Waals surface area (Å²) in [5.41, 5.74) is 1.02. The van der Waals surface area contributed by atoms with Gasteiger partial charge in [0.05, 0.1) is 26.6 Å². The second-order valence-corrected chi connectivity index (χ2v) is 7.89. The fourth-order valence-electron chi connectivity index (χ4n) is 3.71. The van der Waals surface area contributed by atoms with E-state index in [1.807, 2.05) is 59.3 Å². The smallest absolute Gasteiger partial charge is 0.247 e. The Bertz CT molecular complexity index is 1190. The summed E-state index contributed by atoms with van der Waals surface area (Å²) in [6.45, 7) is 2.96. The van der Waals surface area contributed by atoms with Gasteiger partial charge in [-0.05, 0) is 36.4 Å². The molecule has 1 aliphatic rings. The molecule has 2 aromatic heterocycles. The number of ether oxygens (including phenoxy) is 4. The number of aromatic nitrogens is 4. The first-order valence-electron chi connectivity index (χ1n) is 10.5. The van der Waals surface area contributed by atoms with Gasteiger partial charge in [-0.3, -0.25) is 0 Å². The third kappa shape index (κ3) is 4.74. The molecule has 1 saturated heterocycles. The molecule has 9 nitrogen and oxygen atoms in total. The summed E-state index contributed by atoms with van der Waals surface area (Å²) in [6.07, 6.45) is 4.87. The van der Waals surface area contributed by atoms with Crippen LogP contribution < -0.4 is 9.47 Å². The second-order valence-electron chi connectivity index (χ2n) is 7.89. The van der Waals surface area contributed by atoms with Crippen LogP contribution in [-0.2, 0) is 16.0 Å². The highest BCUT2D eigenvalue weighted by molar-refractivity contribution is 5.53. The summed E-state index contributed by atoms with van der Waals surface area (Å²) in [5.74, 6) is 2.45. The Kier molecular flexibility index (Phi) is 5.80. The Morgan fingerprint density at radius 1 is 1.12 bits per heavy atom. The van der Waals surface area contributed by atoms with Crippen LogP contribution in [0.2, 0.25) is 0 Å². The first-order chi connectivity index (χ1) is 16.1. The Hall–Kier alpha value is -3.69. The minimum Gasteiger partial charge on any atom is -0.497 e. The van der Waals surface area contributed by atoms with Crippen molar-refractivity contribution in [1.82, 2.24) is 19.7 Å². The van der Waals surface area contributed by atoms with Gasteiger partial charge in [-0.2, -0.15) is 0 Å². The molecule has 0 bridgehead atoms. The van der Waals surface area contributed by atoms with Gasteiger partial charge in [-0.25, -0.2) is 4.98 Å². The van der Waals surface area contributed by atoms with Gasteiger partial charge < -0.3 is 27.9 Å². The third-order valence-electron chi connectivity index (χ3n) is 5.38. The van der Waals surface area contributed by atoms with E-state index in [-0.39, 0.29) is 0 Å². The number of hydrogen-bond acceptors (Lipinski definition) is 8. The lowest BCUT2D eigenvalue weighted by molar-refractivity contribution is -0.109. The van der Waals surface area contributed by atoms with Gasteiger partial charge in [0.1, 0.15) is 23.7 Å². The highest BCUT2D eigenvalue weighted by atomic mass is 16.7. The van der Waals surface area contributed by atoms with Crippen LogP contribution in [0.15, 0.2) is 71.7 Å². The number of nitrogens with zero attached hydrogens (tertiary/aromatic N) is 4. The van der Waals surface area contributed by atoms with Crippen molar-refractivity contribution in [1.29, 1.82) is 0 Å². The molecule has 2 atom stereocenters. The predicted octanol–water partition coefficient (Wildman–Crippen LogP) is 3.81. The normalized spacial score (nSPS) is 20.1. The van der Waals surface area contributed by atoms with E-state index in [0.717, 1.165) is 16.9 Å². The van der Waals surface area contributed by atoms with Gasteiger partial charge >= 0.3 is 0 Å². The third-order valence-corrected chi connectivity index (χ3v) is 5.38. The molecule has 0 saturated carbocycles. The number of aryl methyl sites for hydroxylation is 1. The average molecular weight is 448 g/mol. The zero-order chi connectivity index (χ0) is 22.7. The first kappa shape index (κ1) is 21.2. The molecule has 9 heteroatoms. The number of benzene rings is 2. The summed E-state index contributed by atoms with van der Waals surface area (Å²) in [6, 6.07) is 15.2. The summed E-state index contributed by atoms with van der Waals surface area (Å²) in [7, 11) is 1.64. The predicted molar refractivity (Wildman–Crippen MR) is 118 cm³/mol. The lowest BCUT2D eigenvalue weighted by Crippen LogP contribution is -2.42. The van der Waals surface area contributed by atoms with Crippen molar-refractivity contribution in [2.45, 2.75) is 25.4 Å². The molecule has 1 fully saturated rings. The molecule has 170 valence electrons. The largest absolute Gasteiger partial charge is 0.497 e. The van der Waals surface area contributed by atoms with Crippen molar-refractivity contribution in [2.75, 3.05) is 20.3 Å². The van der Waals surface area contributed by atoms with E-state index in [1.54, 1.807) is 26.6 Å². The highest BCUT2D eigenvalue weighted by Gasteiger charge is 2.43. The molecule has 5 rings (SSSR count). The van der Waals surface area contributed by atoms with Crippen LogP contribution in [0.25, 0.3) is 11.5 Å². The molecule has 33 heavy (non-hydrogen) atoms. The van der Waals surface area contributed by atoms with Crippen molar-refractivity contribution < 1.29 is 23.4 Å². The van der Waals surface area contributed by atoms with E-state index in [9.17, 15) is 0 Å². The Balaban J connectivity index is 1.31. The van der Waals surface area contributed by atoms with Crippen molar-refractivity contribution in [3.63, 3.8) is 0 Å². The molecule has 0 radical (unpaired) electrons. The number of hydrogen-bond donors (Lipinski definition) is 0. The quantitative estimate of drug-likeness (QED) is 0.402. The van der Waals surface area contributed by atoms with Crippen molar-refractivity contribution >= 4 is 0 Å². The second kappa shape index (κ2) is 9.05. The van der Waals surface area contributed by atoms with Gasteiger partial charge in [0.2, 0.25) is 11.8 Å². The molecular formula is C24H24N4O5. The summed E-state index contributed by atoms with van der Waals surface area (Å²) in [4.78, 5) is 4.14. The molecule has 3 heterocycles. The van der Waals surface area contributed by atoms with Crippen LogP contribution in [0.3, 0.4) is 0 Å². The van der Waals surface area contributed by atoms with E-state index < -0.39 is 11.9 Å². The van der Waals surface area contributed by atoms with Gasteiger partial charge in [-0.1, -0.05) is 12.1 Å². The standard InChI is InChI=1S/C24H24N4O5/c1-17-26-27-22(32-17)18-6-8-20(9-7-18)30-14-24(13-28-11-10-25-16-28)15-31-23(33-24)19-4-3-5-21(12-19)29-2/h3-12,16,23H,13-15H2,1-2H3. The van der Waals surface area contributed by atoms with Crippen molar-refractivity contribution in [3.05, 3.63) is 78.7 Å². The zero-order valence-corrected chi connectivity index (χ0v) is 18.4. The Labute approximate surface area is 190 Å². The van der Waals surface area contributed by atoms with E-state index >= 15 is 0 Å². The topological polar surface area (TPSA) is 93.7 Å². The molecule has 1 aliphatic heterocycles. The monoisotopic (exact) mass is 448 g/mol. The summed E-state index contributed by atoms with van der Waals surface area (Å²) < 4.78 is 31.4. The van der Waals surface area contributed by atoms with Gasteiger partial charge in [-0.15, -0.1) is 10.2 Å². The van der Waals surface area contributed by atoms with Crippen LogP contribution >= 0.6 is 0 Å². The SMILES string of the molecule is COc1cccc(C2OCC(COc3ccc(-c4nnc(C)o4)cc3)(Cn3ccnc3)O2)c1. The molecule has 0 N–H and O–H groups in total. The fraction of sp³-hybridized carbons (Fsp3) is 0.292. The molecule has 4 aromatic rings. The van der Waals surface area contributed by atoms with Crippen LogP contribution in [-0.4, -0.2) is 45.7 Å². The zero-order valence-electron chi connectivity index (χ0n) is 18.4. The van der Waals surface area contributed by atoms with Gasteiger partial charge in [0.15, 0.2) is 6.29 Å². The number of rotatable bonds is 8. The van der Waals surface area contributed by atoms with E-state index in [4.69, 9.17) is 23.4 Å². The molecular weight excluding hydrogens is 424 g/mol. The fourth-order valence-corrected chi connectivity index (χ4v) is 3.71. The Morgan fingerprint density at radius 3 is 2.73 bits per heavy atom. The van der Waals surface area contributed by atoms with E-state index in [0.29, 0.717) is 37.3 Å². The summed E-state index contributed by atoms with van der Waals surface area (Å²) in [5, 5.41) is 7.91. The van der Waals surface area contributed by atoms with Crippen molar-refractivity contribution in [3.8, 4) is 23.0 Å². The molecule has 0 amide bonds. The van der Waals surface area contributed by atoms with Crippen LogP contribution in [0.1, 0.15) is 17.7 Å². The van der Waals surface area contributed by atoms with Crippen LogP contribution in [0, 0.1) is 6.92 Å². The van der Waals surface area contributed by atoms with E-state index in [1.165, 1.54) is 0 Å². The lowest BCUT2D eigenvalue weighted by Gasteiger charge is -2.28. The molecule has 2 aromatic carbocycles. The minimum absolute atomic E-state index is 0.296. The Morgan fingerprint density at radius 2 is 2.00 bits per heavy atom. The molecule has 0 spiro atoms. The lowest BCUT2D eigenvalue weighted by atomic mass is 10.1.